The molecule has 1 aromatic heterocycles. The minimum Gasteiger partial charge on any atom is -0.481 e. The average molecular weight is 259 g/mol. The zero-order valence-electron chi connectivity index (χ0n) is 10.5. The maximum absolute atomic E-state index is 13.1. The molecule has 0 aliphatic heterocycles. The Morgan fingerprint density at radius 1 is 1.37 bits per heavy atom. The molecule has 0 radical (unpaired) electrons. The first kappa shape index (κ1) is 13.2. The molecule has 0 spiro atoms. The number of benzene rings is 1. The lowest BCUT2D eigenvalue weighted by Gasteiger charge is -2.13. The lowest BCUT2D eigenvalue weighted by Crippen LogP contribution is -2.14. The van der Waals surface area contributed by atoms with Crippen molar-refractivity contribution in [3.05, 3.63) is 65.2 Å². The van der Waals surface area contributed by atoms with Crippen LogP contribution in [0.4, 0.5) is 4.39 Å². The van der Waals surface area contributed by atoms with Gasteiger partial charge in [-0.05, 0) is 30.5 Å². The number of halogens is 1. The largest absolute Gasteiger partial charge is 0.481 e. The number of aromatic nitrogens is 1. The predicted molar refractivity (Wildman–Crippen MR) is 69.5 cm³/mol. The molecule has 3 nitrogen and oxygen atoms in total. The fraction of sp³-hybridized carbons (Fsp3) is 0.200. The van der Waals surface area contributed by atoms with Crippen LogP contribution in [0.25, 0.3) is 0 Å². The van der Waals surface area contributed by atoms with Gasteiger partial charge >= 0.3 is 5.97 Å². The molecule has 2 aromatic rings. The van der Waals surface area contributed by atoms with Gasteiger partial charge in [-0.3, -0.25) is 9.78 Å². The number of carboxylic acids is 1. The van der Waals surface area contributed by atoms with E-state index in [0.29, 0.717) is 5.56 Å². The van der Waals surface area contributed by atoms with E-state index >= 15 is 0 Å². The number of aryl methyl sites for hydroxylation is 1. The molecule has 0 amide bonds. The molecular formula is C15H14FNO2. The van der Waals surface area contributed by atoms with E-state index in [0.717, 1.165) is 17.3 Å². The van der Waals surface area contributed by atoms with Gasteiger partial charge in [0.2, 0.25) is 0 Å². The van der Waals surface area contributed by atoms with E-state index < -0.39 is 17.7 Å². The molecule has 0 saturated heterocycles. The van der Waals surface area contributed by atoms with Crippen LogP contribution in [0.15, 0.2) is 42.7 Å². The molecule has 0 saturated carbocycles. The van der Waals surface area contributed by atoms with Crippen LogP contribution in [0, 0.1) is 12.7 Å². The van der Waals surface area contributed by atoms with Crippen molar-refractivity contribution in [3.63, 3.8) is 0 Å². The zero-order valence-corrected chi connectivity index (χ0v) is 10.5. The van der Waals surface area contributed by atoms with Gasteiger partial charge in [0, 0.05) is 6.20 Å². The fourth-order valence-electron chi connectivity index (χ4n) is 2.04. The number of aliphatic carboxylic acids is 1. The molecule has 4 heteroatoms. The lowest BCUT2D eigenvalue weighted by molar-refractivity contribution is -0.138. The average Bonchev–Trinajstić information content (AvgIpc) is 2.35. The van der Waals surface area contributed by atoms with Crippen molar-refractivity contribution in [3.8, 4) is 0 Å². The highest BCUT2D eigenvalue weighted by Gasteiger charge is 2.20. The second kappa shape index (κ2) is 5.61. The van der Waals surface area contributed by atoms with Gasteiger partial charge in [-0.25, -0.2) is 4.39 Å². The first-order valence-corrected chi connectivity index (χ1v) is 5.95. The maximum Gasteiger partial charge on any atom is 0.311 e. The van der Waals surface area contributed by atoms with Crippen LogP contribution in [-0.4, -0.2) is 16.1 Å². The Balaban J connectivity index is 2.29. The summed E-state index contributed by atoms with van der Waals surface area (Å²) >= 11 is 0. The summed E-state index contributed by atoms with van der Waals surface area (Å²) in [6.45, 7) is 1.91. The van der Waals surface area contributed by atoms with Crippen LogP contribution in [0.1, 0.15) is 22.6 Å². The molecule has 2 rings (SSSR count). The van der Waals surface area contributed by atoms with Crippen LogP contribution in [-0.2, 0) is 11.2 Å². The number of hydrogen-bond donors (Lipinski definition) is 1. The summed E-state index contributed by atoms with van der Waals surface area (Å²) in [6.07, 6.45) is 2.82. The minimum absolute atomic E-state index is 0.226. The van der Waals surface area contributed by atoms with Crippen molar-refractivity contribution in [2.45, 2.75) is 19.3 Å². The van der Waals surface area contributed by atoms with Crippen molar-refractivity contribution in [1.82, 2.24) is 4.98 Å². The molecule has 1 atom stereocenters. The maximum atomic E-state index is 13.1. The van der Waals surface area contributed by atoms with Crippen LogP contribution >= 0.6 is 0 Å². The van der Waals surface area contributed by atoms with E-state index in [-0.39, 0.29) is 6.42 Å². The number of hydrogen-bond acceptors (Lipinski definition) is 2. The van der Waals surface area contributed by atoms with E-state index in [1.807, 2.05) is 25.1 Å². The quantitative estimate of drug-likeness (QED) is 0.918. The first-order valence-electron chi connectivity index (χ1n) is 5.95. The molecule has 98 valence electrons. The summed E-state index contributed by atoms with van der Waals surface area (Å²) in [6, 6.07) is 8.67. The summed E-state index contributed by atoms with van der Waals surface area (Å²) in [5.74, 6) is -2.07. The van der Waals surface area contributed by atoms with E-state index in [1.54, 1.807) is 6.07 Å². The molecule has 1 N–H and O–H groups in total. The third-order valence-corrected chi connectivity index (χ3v) is 2.94. The van der Waals surface area contributed by atoms with E-state index in [2.05, 4.69) is 4.98 Å². The van der Waals surface area contributed by atoms with Gasteiger partial charge in [-0.15, -0.1) is 0 Å². The van der Waals surface area contributed by atoms with Gasteiger partial charge in [-0.1, -0.05) is 29.8 Å². The Morgan fingerprint density at radius 2 is 2.16 bits per heavy atom. The molecule has 0 bridgehead atoms. The van der Waals surface area contributed by atoms with Crippen molar-refractivity contribution in [2.24, 2.45) is 0 Å². The van der Waals surface area contributed by atoms with Gasteiger partial charge in [0.1, 0.15) is 5.82 Å². The zero-order chi connectivity index (χ0) is 13.8. The second-order valence-electron chi connectivity index (χ2n) is 4.52. The Morgan fingerprint density at radius 3 is 2.79 bits per heavy atom. The van der Waals surface area contributed by atoms with Gasteiger partial charge in [0.15, 0.2) is 0 Å². The molecule has 0 aliphatic carbocycles. The SMILES string of the molecule is Cc1cccc(C(Cc2cncc(F)c2)C(=O)O)c1. The Labute approximate surface area is 110 Å². The van der Waals surface area contributed by atoms with Crippen molar-refractivity contribution < 1.29 is 14.3 Å². The van der Waals surface area contributed by atoms with Crippen LogP contribution < -0.4 is 0 Å². The number of rotatable bonds is 4. The molecule has 1 heterocycles. The van der Waals surface area contributed by atoms with Gasteiger partial charge < -0.3 is 5.11 Å². The molecule has 0 aliphatic rings. The molecule has 1 aromatic carbocycles. The van der Waals surface area contributed by atoms with Crippen molar-refractivity contribution >= 4 is 5.97 Å². The van der Waals surface area contributed by atoms with Gasteiger partial charge in [-0.2, -0.15) is 0 Å². The topological polar surface area (TPSA) is 50.2 Å². The smallest absolute Gasteiger partial charge is 0.311 e. The van der Waals surface area contributed by atoms with E-state index in [4.69, 9.17) is 0 Å². The summed E-state index contributed by atoms with van der Waals surface area (Å²) < 4.78 is 13.1. The van der Waals surface area contributed by atoms with E-state index in [9.17, 15) is 14.3 Å². The van der Waals surface area contributed by atoms with Gasteiger partial charge in [0.05, 0.1) is 12.1 Å². The summed E-state index contributed by atoms with van der Waals surface area (Å²) in [4.78, 5) is 15.1. The highest BCUT2D eigenvalue weighted by Crippen LogP contribution is 2.22. The number of carboxylic acid groups (broad SMARTS) is 1. The third-order valence-electron chi connectivity index (χ3n) is 2.94. The van der Waals surface area contributed by atoms with Crippen LogP contribution in [0.3, 0.4) is 0 Å². The Hall–Kier alpha value is -2.23. The Bertz CT molecular complexity index is 598. The fourth-order valence-corrected chi connectivity index (χ4v) is 2.04. The van der Waals surface area contributed by atoms with Crippen LogP contribution in [0.2, 0.25) is 0 Å². The predicted octanol–water partition coefficient (Wildman–Crippen LogP) is 2.94. The molecular weight excluding hydrogens is 245 g/mol. The molecule has 0 fully saturated rings. The monoisotopic (exact) mass is 259 g/mol. The highest BCUT2D eigenvalue weighted by atomic mass is 19.1. The Kier molecular flexibility index (Phi) is 3.90. The molecule has 1 unspecified atom stereocenters. The van der Waals surface area contributed by atoms with Crippen molar-refractivity contribution in [1.29, 1.82) is 0 Å². The number of pyridine rings is 1. The van der Waals surface area contributed by atoms with Crippen LogP contribution in [0.5, 0.6) is 0 Å². The summed E-state index contributed by atoms with van der Waals surface area (Å²) in [7, 11) is 0. The second-order valence-corrected chi connectivity index (χ2v) is 4.52. The third kappa shape index (κ3) is 3.37. The molecule has 19 heavy (non-hydrogen) atoms. The van der Waals surface area contributed by atoms with Gasteiger partial charge in [0.25, 0.3) is 0 Å². The highest BCUT2D eigenvalue weighted by molar-refractivity contribution is 5.76. The lowest BCUT2D eigenvalue weighted by atomic mass is 9.92. The normalized spacial score (nSPS) is 12.1. The van der Waals surface area contributed by atoms with Crippen molar-refractivity contribution in [2.75, 3.05) is 0 Å². The van der Waals surface area contributed by atoms with E-state index in [1.165, 1.54) is 12.3 Å². The standard InChI is InChI=1S/C15H14FNO2/c1-10-3-2-4-12(5-10)14(15(18)19)7-11-6-13(16)9-17-8-11/h2-6,8-9,14H,7H2,1H3,(H,18,19). The number of carbonyl (C=O) groups is 1. The minimum atomic E-state index is -0.921. The summed E-state index contributed by atoms with van der Waals surface area (Å²) in [5.41, 5.74) is 2.30. The summed E-state index contributed by atoms with van der Waals surface area (Å²) in [5, 5.41) is 9.33. The first-order chi connectivity index (χ1) is 9.06. The number of nitrogens with zero attached hydrogens (tertiary/aromatic N) is 1.